The van der Waals surface area contributed by atoms with E-state index in [1.807, 2.05) is 13.8 Å². The summed E-state index contributed by atoms with van der Waals surface area (Å²) in [6.45, 7) is 5.20. The van der Waals surface area contributed by atoms with Gasteiger partial charge in [-0.2, -0.15) is 0 Å². The van der Waals surface area contributed by atoms with Crippen LogP contribution in [0.4, 0.5) is 0 Å². The van der Waals surface area contributed by atoms with E-state index in [1.165, 1.54) is 31.6 Å². The number of carbonyl (C=O) groups is 4. The number of H-pyrrole nitrogens is 1. The minimum atomic E-state index is -1.24. The zero-order valence-corrected chi connectivity index (χ0v) is 20.5. The van der Waals surface area contributed by atoms with Gasteiger partial charge >= 0.3 is 5.97 Å². The molecule has 0 fully saturated rings. The van der Waals surface area contributed by atoms with Gasteiger partial charge in [-0.1, -0.05) is 26.0 Å². The molecule has 3 amide bonds. The summed E-state index contributed by atoms with van der Waals surface area (Å²) in [5.74, 6) is -3.03. The average molecular weight is 503 g/mol. The maximum Gasteiger partial charge on any atom is 0.326 e. The molecule has 0 aliphatic heterocycles. The number of hydrogen-bond donors (Lipinski definition) is 7. The Hall–Kier alpha value is -3.93. The van der Waals surface area contributed by atoms with Crippen LogP contribution in [0.15, 0.2) is 36.8 Å². The molecule has 0 bridgehead atoms. The number of nitrogens with one attached hydrogen (secondary N) is 4. The van der Waals surface area contributed by atoms with Crippen LogP contribution in [-0.4, -0.2) is 68.0 Å². The molecule has 2 aromatic rings. The highest BCUT2D eigenvalue weighted by Gasteiger charge is 2.30. The fourth-order valence-corrected chi connectivity index (χ4v) is 3.44. The number of carbonyl (C=O) groups excluding carboxylic acids is 3. The Morgan fingerprint density at radius 1 is 0.917 bits per heavy atom. The normalized spacial score (nSPS) is 14.4. The van der Waals surface area contributed by atoms with Gasteiger partial charge in [0.2, 0.25) is 17.7 Å². The topological polar surface area (TPSA) is 200 Å². The third-order valence-corrected chi connectivity index (χ3v) is 5.36. The number of aromatic amines is 1. The lowest BCUT2D eigenvalue weighted by Crippen LogP contribution is -2.57. The van der Waals surface area contributed by atoms with E-state index in [-0.39, 0.29) is 30.9 Å². The van der Waals surface area contributed by atoms with Crippen molar-refractivity contribution in [3.05, 3.63) is 48.0 Å². The Labute approximate surface area is 209 Å². The van der Waals surface area contributed by atoms with E-state index in [2.05, 4.69) is 25.9 Å². The molecule has 0 spiro atoms. The molecule has 2 rings (SSSR count). The van der Waals surface area contributed by atoms with Gasteiger partial charge in [0.1, 0.15) is 23.9 Å². The van der Waals surface area contributed by atoms with Crippen LogP contribution < -0.4 is 21.7 Å². The second-order valence-electron chi connectivity index (χ2n) is 9.09. The van der Waals surface area contributed by atoms with Crippen molar-refractivity contribution in [2.45, 2.75) is 64.2 Å². The lowest BCUT2D eigenvalue weighted by Gasteiger charge is -2.26. The number of imidazole rings is 1. The maximum absolute atomic E-state index is 13.2. The molecule has 36 heavy (non-hydrogen) atoms. The quantitative estimate of drug-likeness (QED) is 0.196. The lowest BCUT2D eigenvalue weighted by atomic mass is 10.00. The number of rotatable bonds is 13. The minimum Gasteiger partial charge on any atom is -0.508 e. The van der Waals surface area contributed by atoms with E-state index in [0.717, 1.165) is 0 Å². The Kier molecular flexibility index (Phi) is 10.4. The molecule has 12 nitrogen and oxygen atoms in total. The van der Waals surface area contributed by atoms with Crippen LogP contribution in [0, 0.1) is 5.92 Å². The number of nitrogens with two attached hydrogens (primary N) is 1. The molecular weight excluding hydrogens is 468 g/mol. The van der Waals surface area contributed by atoms with Gasteiger partial charge in [-0.15, -0.1) is 0 Å². The first-order valence-corrected chi connectivity index (χ1v) is 11.6. The maximum atomic E-state index is 13.2. The van der Waals surface area contributed by atoms with E-state index < -0.39 is 47.9 Å². The van der Waals surface area contributed by atoms with Crippen LogP contribution in [0.2, 0.25) is 0 Å². The summed E-state index contributed by atoms with van der Waals surface area (Å²) in [5.41, 5.74) is 6.84. The molecule has 0 aliphatic rings. The number of aliphatic carboxylic acids is 1. The molecule has 4 atom stereocenters. The van der Waals surface area contributed by atoms with Crippen molar-refractivity contribution in [2.24, 2.45) is 11.7 Å². The molecule has 0 saturated carbocycles. The molecule has 0 saturated heterocycles. The van der Waals surface area contributed by atoms with Crippen LogP contribution >= 0.6 is 0 Å². The second-order valence-corrected chi connectivity index (χ2v) is 9.09. The number of carboxylic acids is 1. The Morgan fingerprint density at radius 3 is 2.03 bits per heavy atom. The first-order valence-electron chi connectivity index (χ1n) is 11.6. The van der Waals surface area contributed by atoms with Crippen molar-refractivity contribution in [3.8, 4) is 5.75 Å². The van der Waals surface area contributed by atoms with Crippen LogP contribution in [0.25, 0.3) is 0 Å². The molecule has 8 N–H and O–H groups in total. The SMILES string of the molecule is CC(C)CC(NC(=O)C(Cc1ccc(O)cc1)NC(=O)C(C)N)C(=O)NC(Cc1cnc[nH]1)C(=O)O. The molecule has 12 heteroatoms. The number of benzene rings is 1. The number of aromatic hydroxyl groups is 1. The smallest absolute Gasteiger partial charge is 0.326 e. The Morgan fingerprint density at radius 2 is 1.50 bits per heavy atom. The van der Waals surface area contributed by atoms with Gasteiger partial charge in [-0.25, -0.2) is 9.78 Å². The standard InChI is InChI=1S/C24H34N6O6/c1-13(2)8-18(22(33)30-20(24(35)36)10-16-11-26-12-27-16)29-23(34)19(28-21(32)14(3)25)9-15-4-6-17(31)7-5-15/h4-7,11-14,18-20,31H,8-10,25H2,1-3H3,(H,26,27)(H,28,32)(H,29,34)(H,30,33)(H,35,36). The third kappa shape index (κ3) is 9.02. The first kappa shape index (κ1) is 28.3. The van der Waals surface area contributed by atoms with Gasteiger partial charge in [-0.3, -0.25) is 14.4 Å². The van der Waals surface area contributed by atoms with Crippen molar-refractivity contribution in [1.29, 1.82) is 0 Å². The van der Waals surface area contributed by atoms with Crippen LogP contribution in [0.5, 0.6) is 5.75 Å². The van der Waals surface area contributed by atoms with Gasteiger partial charge < -0.3 is 36.9 Å². The van der Waals surface area contributed by atoms with Crippen molar-refractivity contribution in [3.63, 3.8) is 0 Å². The van der Waals surface area contributed by atoms with Crippen molar-refractivity contribution >= 4 is 23.7 Å². The van der Waals surface area contributed by atoms with Gasteiger partial charge in [0, 0.05) is 24.7 Å². The Bertz CT molecular complexity index is 1020. The van der Waals surface area contributed by atoms with Crippen molar-refractivity contribution in [1.82, 2.24) is 25.9 Å². The van der Waals surface area contributed by atoms with Crippen LogP contribution in [-0.2, 0) is 32.0 Å². The van der Waals surface area contributed by atoms with E-state index in [0.29, 0.717) is 11.3 Å². The monoisotopic (exact) mass is 502 g/mol. The zero-order valence-electron chi connectivity index (χ0n) is 20.5. The highest BCUT2D eigenvalue weighted by atomic mass is 16.4. The number of phenols is 1. The lowest BCUT2D eigenvalue weighted by molar-refractivity contribution is -0.142. The molecular formula is C24H34N6O6. The first-order chi connectivity index (χ1) is 17.0. The van der Waals surface area contributed by atoms with Gasteiger partial charge in [0.15, 0.2) is 0 Å². The number of nitrogens with zero attached hydrogens (tertiary/aromatic N) is 1. The molecule has 1 aromatic carbocycles. The van der Waals surface area contributed by atoms with E-state index >= 15 is 0 Å². The minimum absolute atomic E-state index is 0.00820. The summed E-state index contributed by atoms with van der Waals surface area (Å²) in [6, 6.07) is 1.92. The predicted molar refractivity (Wildman–Crippen MR) is 131 cm³/mol. The molecule has 0 radical (unpaired) electrons. The van der Waals surface area contributed by atoms with Gasteiger partial charge in [0.05, 0.1) is 12.4 Å². The molecule has 0 aliphatic carbocycles. The summed E-state index contributed by atoms with van der Waals surface area (Å²) in [6.07, 6.45) is 3.17. The summed E-state index contributed by atoms with van der Waals surface area (Å²) >= 11 is 0. The zero-order chi connectivity index (χ0) is 26.8. The number of phenolic OH excluding ortho intramolecular Hbond substituents is 1. The third-order valence-electron chi connectivity index (χ3n) is 5.36. The van der Waals surface area contributed by atoms with Crippen molar-refractivity contribution in [2.75, 3.05) is 0 Å². The largest absolute Gasteiger partial charge is 0.508 e. The highest BCUT2D eigenvalue weighted by molar-refractivity contribution is 5.94. The van der Waals surface area contributed by atoms with Crippen molar-refractivity contribution < 1.29 is 29.4 Å². The molecule has 1 aromatic heterocycles. The summed E-state index contributed by atoms with van der Waals surface area (Å²) < 4.78 is 0. The fourth-order valence-electron chi connectivity index (χ4n) is 3.44. The van der Waals surface area contributed by atoms with Crippen LogP contribution in [0.3, 0.4) is 0 Å². The molecule has 196 valence electrons. The highest BCUT2D eigenvalue weighted by Crippen LogP contribution is 2.13. The number of carboxylic acid groups (broad SMARTS) is 1. The average Bonchev–Trinajstić information content (AvgIpc) is 3.31. The fraction of sp³-hybridized carbons (Fsp3) is 0.458. The second kappa shape index (κ2) is 13.2. The van der Waals surface area contributed by atoms with Gasteiger partial charge in [0.25, 0.3) is 0 Å². The van der Waals surface area contributed by atoms with Crippen LogP contribution in [0.1, 0.15) is 38.4 Å². The van der Waals surface area contributed by atoms with E-state index in [9.17, 15) is 29.4 Å². The summed E-state index contributed by atoms with van der Waals surface area (Å²) in [4.78, 5) is 56.9. The predicted octanol–water partition coefficient (Wildman–Crippen LogP) is -0.167. The summed E-state index contributed by atoms with van der Waals surface area (Å²) in [7, 11) is 0. The Balaban J connectivity index is 2.19. The molecule has 1 heterocycles. The number of hydrogen-bond acceptors (Lipinski definition) is 7. The molecule has 4 unspecified atom stereocenters. The van der Waals surface area contributed by atoms with E-state index in [1.54, 1.807) is 12.1 Å². The van der Waals surface area contributed by atoms with Gasteiger partial charge in [-0.05, 0) is 37.0 Å². The number of amides is 3. The van der Waals surface area contributed by atoms with E-state index in [4.69, 9.17) is 5.73 Å². The summed E-state index contributed by atoms with van der Waals surface area (Å²) in [5, 5.41) is 26.8. The number of aromatic nitrogens is 2.